The summed E-state index contributed by atoms with van der Waals surface area (Å²) in [4.78, 5) is 24.8. The second-order valence-corrected chi connectivity index (χ2v) is 4.96. The van der Waals surface area contributed by atoms with Crippen molar-refractivity contribution in [2.45, 2.75) is 37.8 Å². The zero-order valence-electron chi connectivity index (χ0n) is 10.5. The number of amides is 1. The maximum absolute atomic E-state index is 12.2. The number of methoxy groups -OCH3 is 1. The van der Waals surface area contributed by atoms with E-state index in [1.165, 1.54) is 4.90 Å². The van der Waals surface area contributed by atoms with Gasteiger partial charge >= 0.3 is 5.97 Å². The average Bonchev–Trinajstić information content (AvgIpc) is 2.96. The van der Waals surface area contributed by atoms with Gasteiger partial charge in [0.1, 0.15) is 6.04 Å². The largest absolute Gasteiger partial charge is 0.480 e. The number of ether oxygens (including phenoxy) is 1. The Balaban J connectivity index is 1.98. The van der Waals surface area contributed by atoms with Gasteiger partial charge in [-0.25, -0.2) is 4.79 Å². The number of allylic oxidation sites excluding steroid dienone is 2. The van der Waals surface area contributed by atoms with Gasteiger partial charge in [-0.2, -0.15) is 0 Å². The summed E-state index contributed by atoms with van der Waals surface area (Å²) in [6, 6.07) is -0.729. The monoisotopic (exact) mass is 253 g/mol. The van der Waals surface area contributed by atoms with Crippen LogP contribution in [0.1, 0.15) is 25.7 Å². The Morgan fingerprint density at radius 1 is 1.50 bits per heavy atom. The summed E-state index contributed by atoms with van der Waals surface area (Å²) in [7, 11) is 1.55. The van der Waals surface area contributed by atoms with E-state index in [4.69, 9.17) is 9.84 Å². The number of likely N-dealkylation sites (tertiary alicyclic amines) is 1. The van der Waals surface area contributed by atoms with E-state index in [2.05, 4.69) is 12.2 Å². The zero-order valence-corrected chi connectivity index (χ0v) is 10.5. The van der Waals surface area contributed by atoms with Gasteiger partial charge in [-0.15, -0.1) is 0 Å². The van der Waals surface area contributed by atoms with Crippen molar-refractivity contribution in [3.05, 3.63) is 12.2 Å². The minimum atomic E-state index is -0.940. The molecular formula is C13H19NO4. The molecule has 2 rings (SSSR count). The van der Waals surface area contributed by atoms with Crippen LogP contribution in [0.15, 0.2) is 12.2 Å². The number of rotatable bonds is 4. The lowest BCUT2D eigenvalue weighted by Gasteiger charge is -2.22. The SMILES string of the molecule is COC1CC(C(=O)O)N(C(=O)CC2C=CCC2)C1. The molecule has 5 nitrogen and oxygen atoms in total. The first kappa shape index (κ1) is 13.1. The van der Waals surface area contributed by atoms with Crippen molar-refractivity contribution in [2.75, 3.05) is 13.7 Å². The molecule has 1 N–H and O–H groups in total. The number of carbonyl (C=O) groups excluding carboxylic acids is 1. The van der Waals surface area contributed by atoms with Crippen molar-refractivity contribution < 1.29 is 19.4 Å². The zero-order chi connectivity index (χ0) is 13.1. The van der Waals surface area contributed by atoms with Crippen LogP contribution in [-0.4, -0.2) is 47.7 Å². The Hall–Kier alpha value is -1.36. The topological polar surface area (TPSA) is 66.8 Å². The number of aliphatic carboxylic acids is 1. The molecule has 1 amide bonds. The molecule has 1 aliphatic carbocycles. The molecule has 5 heteroatoms. The first-order chi connectivity index (χ1) is 8.61. The van der Waals surface area contributed by atoms with Gasteiger partial charge in [0.2, 0.25) is 5.91 Å². The smallest absolute Gasteiger partial charge is 0.326 e. The fourth-order valence-corrected chi connectivity index (χ4v) is 2.68. The maximum atomic E-state index is 12.2. The summed E-state index contributed by atoms with van der Waals surface area (Å²) < 4.78 is 5.17. The number of carbonyl (C=O) groups is 2. The number of carboxylic acids is 1. The third-order valence-electron chi connectivity index (χ3n) is 3.75. The molecule has 100 valence electrons. The van der Waals surface area contributed by atoms with Crippen LogP contribution in [0.4, 0.5) is 0 Å². The van der Waals surface area contributed by atoms with Crippen molar-refractivity contribution in [3.8, 4) is 0 Å². The highest BCUT2D eigenvalue weighted by Crippen LogP contribution is 2.25. The minimum Gasteiger partial charge on any atom is -0.480 e. The Morgan fingerprint density at radius 3 is 2.83 bits per heavy atom. The Kier molecular flexibility index (Phi) is 4.01. The molecule has 0 aromatic rings. The number of hydrogen-bond acceptors (Lipinski definition) is 3. The van der Waals surface area contributed by atoms with E-state index in [1.54, 1.807) is 7.11 Å². The first-order valence-corrected chi connectivity index (χ1v) is 6.33. The summed E-state index contributed by atoms with van der Waals surface area (Å²) in [5.41, 5.74) is 0. The van der Waals surface area contributed by atoms with Gasteiger partial charge in [0.05, 0.1) is 6.10 Å². The van der Waals surface area contributed by atoms with Gasteiger partial charge in [-0.3, -0.25) is 4.79 Å². The molecule has 1 fully saturated rings. The normalized spacial score (nSPS) is 30.9. The Labute approximate surface area is 106 Å². The minimum absolute atomic E-state index is 0.0708. The lowest BCUT2D eigenvalue weighted by molar-refractivity contribution is -0.148. The molecule has 1 heterocycles. The van der Waals surface area contributed by atoms with Gasteiger partial charge in [0, 0.05) is 26.5 Å². The van der Waals surface area contributed by atoms with Gasteiger partial charge in [-0.1, -0.05) is 12.2 Å². The van der Waals surface area contributed by atoms with Crippen LogP contribution in [0.25, 0.3) is 0 Å². The maximum Gasteiger partial charge on any atom is 0.326 e. The molecule has 3 unspecified atom stereocenters. The van der Waals surface area contributed by atoms with Crippen LogP contribution in [-0.2, 0) is 14.3 Å². The molecule has 2 aliphatic rings. The summed E-state index contributed by atoms with van der Waals surface area (Å²) in [6.45, 7) is 0.392. The van der Waals surface area contributed by atoms with Gasteiger partial charge in [0.25, 0.3) is 0 Å². The predicted octanol–water partition coefficient (Wildman–Crippen LogP) is 1.04. The quantitative estimate of drug-likeness (QED) is 0.760. The van der Waals surface area contributed by atoms with Crippen molar-refractivity contribution in [3.63, 3.8) is 0 Å². The lowest BCUT2D eigenvalue weighted by atomic mass is 10.0. The predicted molar refractivity (Wildman–Crippen MR) is 65.0 cm³/mol. The van der Waals surface area contributed by atoms with E-state index in [9.17, 15) is 9.59 Å². The Bertz CT molecular complexity index is 366. The highest BCUT2D eigenvalue weighted by atomic mass is 16.5. The molecule has 0 bridgehead atoms. The number of carboxylic acid groups (broad SMARTS) is 1. The number of nitrogens with zero attached hydrogens (tertiary/aromatic N) is 1. The fourth-order valence-electron chi connectivity index (χ4n) is 2.68. The lowest BCUT2D eigenvalue weighted by Crippen LogP contribution is -2.41. The van der Waals surface area contributed by atoms with Gasteiger partial charge in [0.15, 0.2) is 0 Å². The van der Waals surface area contributed by atoms with E-state index >= 15 is 0 Å². The Morgan fingerprint density at radius 2 is 2.28 bits per heavy atom. The van der Waals surface area contributed by atoms with Crippen molar-refractivity contribution in [1.29, 1.82) is 0 Å². The van der Waals surface area contributed by atoms with Crippen LogP contribution < -0.4 is 0 Å². The molecule has 1 saturated heterocycles. The van der Waals surface area contributed by atoms with Crippen molar-refractivity contribution >= 4 is 11.9 Å². The summed E-state index contributed by atoms with van der Waals surface area (Å²) in [5, 5.41) is 9.14. The third kappa shape index (κ3) is 2.72. The molecule has 3 atom stereocenters. The molecule has 0 saturated carbocycles. The summed E-state index contributed by atoms with van der Waals surface area (Å²) >= 11 is 0. The molecule has 0 aromatic carbocycles. The van der Waals surface area contributed by atoms with Gasteiger partial charge in [-0.05, 0) is 18.8 Å². The standard InChI is InChI=1S/C13H19NO4/c1-18-10-7-11(13(16)17)14(8-10)12(15)6-9-4-2-3-5-9/h2,4,9-11H,3,5-8H2,1H3,(H,16,17). The number of hydrogen-bond donors (Lipinski definition) is 1. The molecule has 1 aliphatic heterocycles. The van der Waals surface area contributed by atoms with E-state index in [0.29, 0.717) is 19.4 Å². The highest BCUT2D eigenvalue weighted by Gasteiger charge is 2.39. The third-order valence-corrected chi connectivity index (χ3v) is 3.75. The fraction of sp³-hybridized carbons (Fsp3) is 0.692. The highest BCUT2D eigenvalue weighted by molar-refractivity contribution is 5.84. The van der Waals surface area contributed by atoms with E-state index in [0.717, 1.165) is 12.8 Å². The van der Waals surface area contributed by atoms with E-state index in [-0.39, 0.29) is 17.9 Å². The van der Waals surface area contributed by atoms with Crippen molar-refractivity contribution in [1.82, 2.24) is 4.90 Å². The first-order valence-electron chi connectivity index (χ1n) is 6.33. The second kappa shape index (κ2) is 5.52. The molecular weight excluding hydrogens is 234 g/mol. The van der Waals surface area contributed by atoms with Gasteiger partial charge < -0.3 is 14.7 Å². The molecule has 0 radical (unpaired) electrons. The average molecular weight is 253 g/mol. The van der Waals surface area contributed by atoms with E-state index in [1.807, 2.05) is 0 Å². The summed E-state index contributed by atoms with van der Waals surface area (Å²) in [5.74, 6) is -0.739. The molecule has 18 heavy (non-hydrogen) atoms. The van der Waals surface area contributed by atoms with Crippen LogP contribution in [0, 0.1) is 5.92 Å². The molecule has 0 aromatic heterocycles. The summed E-state index contributed by atoms with van der Waals surface area (Å²) in [6.07, 6.45) is 6.78. The van der Waals surface area contributed by atoms with Crippen LogP contribution in [0.3, 0.4) is 0 Å². The van der Waals surface area contributed by atoms with Crippen LogP contribution in [0.2, 0.25) is 0 Å². The van der Waals surface area contributed by atoms with E-state index < -0.39 is 12.0 Å². The molecule has 0 spiro atoms. The van der Waals surface area contributed by atoms with Crippen LogP contribution >= 0.6 is 0 Å². The van der Waals surface area contributed by atoms with Crippen LogP contribution in [0.5, 0.6) is 0 Å². The second-order valence-electron chi connectivity index (χ2n) is 4.96. The van der Waals surface area contributed by atoms with Crippen molar-refractivity contribution in [2.24, 2.45) is 5.92 Å².